The molecule has 2 heteroatoms. The van der Waals surface area contributed by atoms with Gasteiger partial charge in [0, 0.05) is 12.5 Å². The summed E-state index contributed by atoms with van der Waals surface area (Å²) in [6, 6.07) is 8.17. The van der Waals surface area contributed by atoms with E-state index >= 15 is 0 Å². The van der Waals surface area contributed by atoms with E-state index in [-0.39, 0.29) is 11.7 Å². The second-order valence-corrected chi connectivity index (χ2v) is 4.44. The van der Waals surface area contributed by atoms with Crippen LogP contribution < -0.4 is 5.73 Å². The fraction of sp³-hybridized carbons (Fsp3) is 0.429. The molecule has 0 amide bonds. The Bertz CT molecular complexity index is 367. The van der Waals surface area contributed by atoms with E-state index in [0.29, 0.717) is 6.54 Å². The second-order valence-electron chi connectivity index (χ2n) is 4.44. The van der Waals surface area contributed by atoms with Crippen LogP contribution in [0, 0.1) is 5.92 Å². The van der Waals surface area contributed by atoms with Crippen LogP contribution >= 0.6 is 0 Å². The van der Waals surface area contributed by atoms with Crippen molar-refractivity contribution in [3.8, 4) is 0 Å². The number of hydrogen-bond donors (Lipinski definition) is 1. The number of benzene rings is 1. The van der Waals surface area contributed by atoms with Crippen LogP contribution in [0.1, 0.15) is 30.4 Å². The fourth-order valence-corrected chi connectivity index (χ4v) is 2.20. The van der Waals surface area contributed by atoms with E-state index in [9.17, 15) is 4.39 Å². The lowest BCUT2D eigenvalue weighted by molar-refractivity contribution is 0.404. The third-order valence-corrected chi connectivity index (χ3v) is 3.23. The van der Waals surface area contributed by atoms with E-state index in [1.54, 1.807) is 6.08 Å². The Labute approximate surface area is 96.2 Å². The van der Waals surface area contributed by atoms with E-state index in [2.05, 4.69) is 12.1 Å². The maximum Gasteiger partial charge on any atom is 0.0993 e. The van der Waals surface area contributed by atoms with Crippen LogP contribution in [-0.4, -0.2) is 0 Å². The van der Waals surface area contributed by atoms with Crippen LogP contribution in [0.3, 0.4) is 0 Å². The van der Waals surface area contributed by atoms with Gasteiger partial charge < -0.3 is 5.73 Å². The predicted molar refractivity (Wildman–Crippen MR) is 64.6 cm³/mol. The number of allylic oxidation sites excluding steroid dienone is 2. The zero-order valence-electron chi connectivity index (χ0n) is 9.45. The molecule has 0 fully saturated rings. The van der Waals surface area contributed by atoms with Crippen molar-refractivity contribution >= 4 is 0 Å². The molecule has 0 bridgehead atoms. The summed E-state index contributed by atoms with van der Waals surface area (Å²) in [6.07, 6.45) is 5.53. The normalized spacial score (nSPS) is 20.6. The highest BCUT2D eigenvalue weighted by Gasteiger charge is 2.17. The molecule has 0 saturated heterocycles. The van der Waals surface area contributed by atoms with Gasteiger partial charge in [0.05, 0.1) is 5.83 Å². The molecule has 0 aliphatic heterocycles. The smallest absolute Gasteiger partial charge is 0.0993 e. The van der Waals surface area contributed by atoms with Crippen LogP contribution in [0.25, 0.3) is 0 Å². The average Bonchev–Trinajstić information content (AvgIpc) is 2.33. The molecule has 1 aliphatic rings. The molecule has 2 rings (SSSR count). The van der Waals surface area contributed by atoms with Gasteiger partial charge in [0.15, 0.2) is 0 Å². The quantitative estimate of drug-likeness (QED) is 0.829. The van der Waals surface area contributed by atoms with Gasteiger partial charge in [-0.2, -0.15) is 0 Å². The summed E-state index contributed by atoms with van der Waals surface area (Å²) in [5.41, 5.74) is 7.87. The number of halogens is 1. The van der Waals surface area contributed by atoms with Crippen LogP contribution in [0.5, 0.6) is 0 Å². The van der Waals surface area contributed by atoms with Gasteiger partial charge in [0.2, 0.25) is 0 Å². The zero-order chi connectivity index (χ0) is 11.4. The first-order valence-corrected chi connectivity index (χ1v) is 5.93. The van der Waals surface area contributed by atoms with E-state index < -0.39 is 0 Å². The fourth-order valence-electron chi connectivity index (χ4n) is 2.20. The van der Waals surface area contributed by atoms with Crippen molar-refractivity contribution in [1.82, 2.24) is 0 Å². The summed E-state index contributed by atoms with van der Waals surface area (Å²) in [5.74, 6) is 0.173. The van der Waals surface area contributed by atoms with Gasteiger partial charge in [0.1, 0.15) is 0 Å². The van der Waals surface area contributed by atoms with Crippen molar-refractivity contribution in [2.24, 2.45) is 11.7 Å². The predicted octanol–water partition coefficient (Wildman–Crippen LogP) is 3.34. The lowest BCUT2D eigenvalue weighted by Gasteiger charge is -2.18. The summed E-state index contributed by atoms with van der Waals surface area (Å²) in [5, 5.41) is 0. The molecule has 0 radical (unpaired) electrons. The van der Waals surface area contributed by atoms with E-state index in [0.717, 1.165) is 31.2 Å². The Hall–Kier alpha value is -1.15. The molecule has 1 aromatic carbocycles. The maximum atomic E-state index is 13.5. The van der Waals surface area contributed by atoms with Crippen molar-refractivity contribution in [3.63, 3.8) is 0 Å². The number of nitrogens with two attached hydrogens (primary N) is 1. The third kappa shape index (κ3) is 2.70. The van der Waals surface area contributed by atoms with Gasteiger partial charge in [0.25, 0.3) is 0 Å². The van der Waals surface area contributed by atoms with Gasteiger partial charge in [-0.05, 0) is 36.8 Å². The molecule has 16 heavy (non-hydrogen) atoms. The average molecular weight is 219 g/mol. The first kappa shape index (κ1) is 11.3. The van der Waals surface area contributed by atoms with Gasteiger partial charge >= 0.3 is 0 Å². The van der Waals surface area contributed by atoms with Gasteiger partial charge in [-0.25, -0.2) is 4.39 Å². The van der Waals surface area contributed by atoms with Crippen LogP contribution in [0.15, 0.2) is 36.2 Å². The minimum Gasteiger partial charge on any atom is -0.326 e. The molecule has 1 aromatic rings. The van der Waals surface area contributed by atoms with Gasteiger partial charge in [-0.15, -0.1) is 0 Å². The Morgan fingerprint density at radius 2 is 1.88 bits per heavy atom. The molecule has 1 atom stereocenters. The monoisotopic (exact) mass is 219 g/mol. The minimum absolute atomic E-state index is 0.0779. The molecule has 86 valence electrons. The molecule has 2 N–H and O–H groups in total. The third-order valence-electron chi connectivity index (χ3n) is 3.23. The van der Waals surface area contributed by atoms with Gasteiger partial charge in [-0.1, -0.05) is 30.3 Å². The van der Waals surface area contributed by atoms with Crippen molar-refractivity contribution in [2.75, 3.05) is 0 Å². The van der Waals surface area contributed by atoms with Crippen molar-refractivity contribution < 1.29 is 4.39 Å². The standard InChI is InChI=1S/C14H18FN/c15-14-4-2-1-3-13(14)9-11-5-7-12(10-16)8-6-11/h4-8,13H,1-3,9-10,16H2. The lowest BCUT2D eigenvalue weighted by Crippen LogP contribution is -2.09. The second kappa shape index (κ2) is 5.26. The highest BCUT2D eigenvalue weighted by atomic mass is 19.1. The molecular weight excluding hydrogens is 201 g/mol. The lowest BCUT2D eigenvalue weighted by atomic mass is 9.89. The Kier molecular flexibility index (Phi) is 3.73. The Morgan fingerprint density at radius 1 is 1.19 bits per heavy atom. The highest BCUT2D eigenvalue weighted by Crippen LogP contribution is 2.28. The number of rotatable bonds is 3. The molecular formula is C14H18FN. The van der Waals surface area contributed by atoms with Crippen molar-refractivity contribution in [2.45, 2.75) is 32.2 Å². The molecule has 0 spiro atoms. The van der Waals surface area contributed by atoms with Crippen LogP contribution in [-0.2, 0) is 13.0 Å². The zero-order valence-corrected chi connectivity index (χ0v) is 9.45. The first-order valence-electron chi connectivity index (χ1n) is 5.93. The van der Waals surface area contributed by atoms with Crippen LogP contribution in [0.2, 0.25) is 0 Å². The van der Waals surface area contributed by atoms with Crippen LogP contribution in [0.4, 0.5) is 4.39 Å². The Morgan fingerprint density at radius 3 is 2.50 bits per heavy atom. The maximum absolute atomic E-state index is 13.5. The largest absolute Gasteiger partial charge is 0.326 e. The molecule has 1 unspecified atom stereocenters. The summed E-state index contributed by atoms with van der Waals surface area (Å²) >= 11 is 0. The summed E-state index contributed by atoms with van der Waals surface area (Å²) < 4.78 is 13.5. The Balaban J connectivity index is 2.02. The molecule has 1 aliphatic carbocycles. The molecule has 1 nitrogen and oxygen atoms in total. The summed E-state index contributed by atoms with van der Waals surface area (Å²) in [4.78, 5) is 0. The molecule has 0 heterocycles. The highest BCUT2D eigenvalue weighted by molar-refractivity contribution is 5.23. The van der Waals surface area contributed by atoms with E-state index in [1.165, 1.54) is 5.56 Å². The van der Waals surface area contributed by atoms with E-state index in [4.69, 9.17) is 5.73 Å². The van der Waals surface area contributed by atoms with E-state index in [1.807, 2.05) is 12.1 Å². The molecule has 0 saturated carbocycles. The number of hydrogen-bond acceptors (Lipinski definition) is 1. The minimum atomic E-state index is 0.0779. The SMILES string of the molecule is NCc1ccc(CC2CCCC=C2F)cc1. The summed E-state index contributed by atoms with van der Waals surface area (Å²) in [7, 11) is 0. The molecule has 0 aromatic heterocycles. The topological polar surface area (TPSA) is 26.0 Å². The van der Waals surface area contributed by atoms with Crippen molar-refractivity contribution in [3.05, 3.63) is 47.3 Å². The first-order chi connectivity index (χ1) is 7.79. The van der Waals surface area contributed by atoms with Crippen molar-refractivity contribution in [1.29, 1.82) is 0 Å². The summed E-state index contributed by atoms with van der Waals surface area (Å²) in [6.45, 7) is 0.567. The van der Waals surface area contributed by atoms with Gasteiger partial charge in [-0.3, -0.25) is 0 Å².